The maximum Gasteiger partial charge on any atom is 0.253 e. The second-order valence-corrected chi connectivity index (χ2v) is 9.46. The number of hydrogen-bond donors (Lipinski definition) is 1. The summed E-state index contributed by atoms with van der Waals surface area (Å²) >= 11 is 6.52. The van der Waals surface area contributed by atoms with Crippen molar-refractivity contribution < 1.29 is 23.1 Å². The Morgan fingerprint density at radius 2 is 1.72 bits per heavy atom. The second kappa shape index (κ2) is 11.4. The molecule has 0 spiro atoms. The van der Waals surface area contributed by atoms with Crippen molar-refractivity contribution in [3.63, 3.8) is 0 Å². The molecule has 2 fully saturated rings. The van der Waals surface area contributed by atoms with Crippen molar-refractivity contribution in [3.8, 4) is 5.75 Å². The summed E-state index contributed by atoms with van der Waals surface area (Å²) in [6.45, 7) is 5.48. The van der Waals surface area contributed by atoms with Gasteiger partial charge in [0.2, 0.25) is 5.91 Å². The van der Waals surface area contributed by atoms with Crippen molar-refractivity contribution in [2.45, 2.75) is 25.7 Å². The van der Waals surface area contributed by atoms with Gasteiger partial charge in [0, 0.05) is 57.7 Å². The number of carbonyl (C=O) groups excluding carboxylic acids is 2. The minimum atomic E-state index is -2.70. The van der Waals surface area contributed by atoms with E-state index in [9.17, 15) is 18.4 Å². The molecule has 0 bridgehead atoms. The third-order valence-corrected chi connectivity index (χ3v) is 6.82. The molecule has 2 aromatic carbocycles. The summed E-state index contributed by atoms with van der Waals surface area (Å²) in [4.78, 5) is 31.0. The number of nitrogens with zero attached hydrogens (tertiary/aromatic N) is 3. The van der Waals surface area contributed by atoms with Crippen LogP contribution in [0, 0.1) is 0 Å². The number of nitrogens with one attached hydrogen (secondary N) is 1. The minimum absolute atomic E-state index is 0.0396. The Kier molecular flexibility index (Phi) is 8.31. The summed E-state index contributed by atoms with van der Waals surface area (Å²) in [5.74, 6) is -2.43. The zero-order chi connectivity index (χ0) is 25.7. The predicted octanol–water partition coefficient (Wildman–Crippen LogP) is 4.37. The van der Waals surface area contributed by atoms with Gasteiger partial charge in [-0.05, 0) is 37.3 Å². The number of benzene rings is 2. The lowest BCUT2D eigenvalue weighted by atomic mass is 10.1. The standard InChI is InChI=1S/C26H31ClF2N4O3/c1-2-36-23-6-4-3-5-21(23)30-24(34)18-31-13-15-32(16-14-31)22-8-7-19(17-20(22)27)25(35)33-11-9-26(28,29)10-12-33/h3-8,17H,2,9-16,18H2,1H3,(H,30,34). The molecule has 0 radical (unpaired) electrons. The number of hydrogen-bond acceptors (Lipinski definition) is 5. The maximum absolute atomic E-state index is 13.4. The smallest absolute Gasteiger partial charge is 0.253 e. The maximum atomic E-state index is 13.4. The Balaban J connectivity index is 1.29. The number of piperidine rings is 1. The third-order valence-electron chi connectivity index (χ3n) is 6.52. The number of likely N-dealkylation sites (tertiary alicyclic amines) is 1. The molecule has 2 aromatic rings. The van der Waals surface area contributed by atoms with Gasteiger partial charge >= 0.3 is 0 Å². The van der Waals surface area contributed by atoms with E-state index in [1.54, 1.807) is 18.2 Å². The molecule has 0 atom stereocenters. The number of piperazine rings is 1. The van der Waals surface area contributed by atoms with Crippen LogP contribution in [-0.4, -0.2) is 80.0 Å². The monoisotopic (exact) mass is 520 g/mol. The molecule has 2 heterocycles. The van der Waals surface area contributed by atoms with Crippen LogP contribution in [0.15, 0.2) is 42.5 Å². The molecule has 0 aromatic heterocycles. The molecule has 10 heteroatoms. The van der Waals surface area contributed by atoms with E-state index in [0.29, 0.717) is 54.8 Å². The van der Waals surface area contributed by atoms with E-state index in [1.807, 2.05) is 31.2 Å². The average Bonchev–Trinajstić information content (AvgIpc) is 2.85. The van der Waals surface area contributed by atoms with Crippen LogP contribution < -0.4 is 15.0 Å². The zero-order valence-electron chi connectivity index (χ0n) is 20.3. The molecule has 4 rings (SSSR count). The fourth-order valence-electron chi connectivity index (χ4n) is 4.51. The minimum Gasteiger partial charge on any atom is -0.492 e. The van der Waals surface area contributed by atoms with Crippen LogP contribution >= 0.6 is 11.6 Å². The van der Waals surface area contributed by atoms with Crippen molar-refractivity contribution in [3.05, 3.63) is 53.1 Å². The van der Waals surface area contributed by atoms with E-state index in [-0.39, 0.29) is 44.3 Å². The topological polar surface area (TPSA) is 65.1 Å². The Morgan fingerprint density at radius 1 is 1.03 bits per heavy atom. The van der Waals surface area contributed by atoms with E-state index < -0.39 is 5.92 Å². The quantitative estimate of drug-likeness (QED) is 0.587. The van der Waals surface area contributed by atoms with E-state index in [1.165, 1.54) is 4.90 Å². The highest BCUT2D eigenvalue weighted by Crippen LogP contribution is 2.31. The highest BCUT2D eigenvalue weighted by molar-refractivity contribution is 6.33. The molecule has 7 nitrogen and oxygen atoms in total. The van der Waals surface area contributed by atoms with Crippen LogP contribution in [0.5, 0.6) is 5.75 Å². The normalized spacial score (nSPS) is 18.1. The molecule has 2 amide bonds. The fourth-order valence-corrected chi connectivity index (χ4v) is 4.81. The van der Waals surface area contributed by atoms with Gasteiger partial charge in [0.1, 0.15) is 5.75 Å². The molecule has 0 saturated carbocycles. The lowest BCUT2D eigenvalue weighted by Gasteiger charge is -2.36. The van der Waals surface area contributed by atoms with Gasteiger partial charge in [-0.15, -0.1) is 0 Å². The van der Waals surface area contributed by atoms with Crippen LogP contribution in [0.3, 0.4) is 0 Å². The predicted molar refractivity (Wildman–Crippen MR) is 136 cm³/mol. The van der Waals surface area contributed by atoms with E-state index in [2.05, 4.69) is 15.1 Å². The van der Waals surface area contributed by atoms with Crippen LogP contribution in [0.1, 0.15) is 30.1 Å². The molecular weight excluding hydrogens is 490 g/mol. The molecule has 194 valence electrons. The Hall–Kier alpha value is -2.91. The van der Waals surface area contributed by atoms with Gasteiger partial charge in [-0.1, -0.05) is 23.7 Å². The molecule has 2 aliphatic rings. The van der Waals surface area contributed by atoms with Gasteiger partial charge in [-0.2, -0.15) is 0 Å². The number of rotatable bonds is 7. The van der Waals surface area contributed by atoms with Crippen LogP contribution in [0.25, 0.3) is 0 Å². The number of para-hydroxylation sites is 2. The van der Waals surface area contributed by atoms with Crippen molar-refractivity contribution >= 4 is 34.8 Å². The number of ether oxygens (including phenoxy) is 1. The van der Waals surface area contributed by atoms with Crippen LogP contribution in [0.4, 0.5) is 20.2 Å². The molecule has 2 aliphatic heterocycles. The average molecular weight is 521 g/mol. The van der Waals surface area contributed by atoms with Gasteiger partial charge in [-0.3, -0.25) is 14.5 Å². The van der Waals surface area contributed by atoms with Crippen molar-refractivity contribution in [2.75, 3.05) is 62.6 Å². The number of carbonyl (C=O) groups is 2. The summed E-state index contributed by atoms with van der Waals surface area (Å²) in [5.41, 5.74) is 1.87. The summed E-state index contributed by atoms with van der Waals surface area (Å²) < 4.78 is 32.4. The number of halogens is 3. The summed E-state index contributed by atoms with van der Waals surface area (Å²) in [7, 11) is 0. The number of alkyl halides is 2. The lowest BCUT2D eigenvalue weighted by Crippen LogP contribution is -2.48. The second-order valence-electron chi connectivity index (χ2n) is 9.05. The van der Waals surface area contributed by atoms with Crippen molar-refractivity contribution in [1.82, 2.24) is 9.80 Å². The Labute approximate surface area is 214 Å². The van der Waals surface area contributed by atoms with Gasteiger partial charge in [0.25, 0.3) is 11.8 Å². The van der Waals surface area contributed by atoms with E-state index >= 15 is 0 Å². The lowest BCUT2D eigenvalue weighted by molar-refractivity contribution is -0.117. The largest absolute Gasteiger partial charge is 0.492 e. The number of amides is 2. The van der Waals surface area contributed by atoms with Gasteiger partial charge in [0.05, 0.1) is 29.5 Å². The third kappa shape index (κ3) is 6.44. The highest BCUT2D eigenvalue weighted by Gasteiger charge is 2.36. The molecule has 36 heavy (non-hydrogen) atoms. The fraction of sp³-hybridized carbons (Fsp3) is 0.462. The first-order valence-corrected chi connectivity index (χ1v) is 12.6. The first kappa shape index (κ1) is 26.2. The molecule has 0 aliphatic carbocycles. The first-order valence-electron chi connectivity index (χ1n) is 12.2. The number of anilines is 2. The molecule has 2 saturated heterocycles. The molecular formula is C26H31ClF2N4O3. The van der Waals surface area contributed by atoms with Crippen molar-refractivity contribution in [1.29, 1.82) is 0 Å². The van der Waals surface area contributed by atoms with Gasteiger partial charge < -0.3 is 19.9 Å². The molecule has 0 unspecified atom stereocenters. The van der Waals surface area contributed by atoms with E-state index in [0.717, 1.165) is 5.69 Å². The highest BCUT2D eigenvalue weighted by atomic mass is 35.5. The van der Waals surface area contributed by atoms with Crippen molar-refractivity contribution in [2.24, 2.45) is 0 Å². The van der Waals surface area contributed by atoms with E-state index in [4.69, 9.17) is 16.3 Å². The Morgan fingerprint density at radius 3 is 2.39 bits per heavy atom. The first-order chi connectivity index (χ1) is 17.3. The zero-order valence-corrected chi connectivity index (χ0v) is 21.1. The van der Waals surface area contributed by atoms with Gasteiger partial charge in [0.15, 0.2) is 0 Å². The van der Waals surface area contributed by atoms with Crippen LogP contribution in [-0.2, 0) is 4.79 Å². The summed E-state index contributed by atoms with van der Waals surface area (Å²) in [6, 6.07) is 12.5. The summed E-state index contributed by atoms with van der Waals surface area (Å²) in [6.07, 6.45) is -0.627. The SMILES string of the molecule is CCOc1ccccc1NC(=O)CN1CCN(c2ccc(C(=O)N3CCC(F)(F)CC3)cc2Cl)CC1. The Bertz CT molecular complexity index is 1080. The molecule has 1 N–H and O–H groups in total. The van der Waals surface area contributed by atoms with Gasteiger partial charge in [-0.25, -0.2) is 8.78 Å². The summed E-state index contributed by atoms with van der Waals surface area (Å²) in [5, 5.41) is 3.37. The van der Waals surface area contributed by atoms with Crippen LogP contribution in [0.2, 0.25) is 5.02 Å².